The fraction of sp³-hybridized carbons (Fsp3) is 0.286. The number of nitro benzene ring substituents is 1. The number of hydrogen-bond acceptors (Lipinski definition) is 11. The van der Waals surface area contributed by atoms with Crippen molar-refractivity contribution < 1.29 is 33.4 Å². The van der Waals surface area contributed by atoms with Crippen molar-refractivity contribution >= 4 is 51.7 Å². The van der Waals surface area contributed by atoms with Crippen molar-refractivity contribution in [1.82, 2.24) is 4.57 Å². The molecule has 1 aliphatic heterocycles. The first-order valence-electron chi connectivity index (χ1n) is 15.2. The molecule has 1 aromatic heterocycles. The van der Waals surface area contributed by atoms with E-state index in [1.807, 2.05) is 26.0 Å². The Bertz CT molecular complexity index is 2120. The molecule has 0 radical (unpaired) electrons. The Labute approximate surface area is 299 Å². The molecule has 0 bridgehead atoms. The van der Waals surface area contributed by atoms with E-state index in [-0.39, 0.29) is 36.1 Å². The number of thiazole rings is 1. The molecule has 49 heavy (non-hydrogen) atoms. The van der Waals surface area contributed by atoms with Crippen LogP contribution in [0.15, 0.2) is 75.7 Å². The summed E-state index contributed by atoms with van der Waals surface area (Å²) in [7, 11) is 3.06. The van der Waals surface area contributed by atoms with Crippen LogP contribution in [0.1, 0.15) is 50.4 Å². The highest BCUT2D eigenvalue weighted by atomic mass is 127. The van der Waals surface area contributed by atoms with Crippen molar-refractivity contribution in [2.24, 2.45) is 4.99 Å². The van der Waals surface area contributed by atoms with Gasteiger partial charge in [-0.3, -0.25) is 19.5 Å². The van der Waals surface area contributed by atoms with Crippen LogP contribution in [0, 0.1) is 13.7 Å². The van der Waals surface area contributed by atoms with E-state index in [2.05, 4.69) is 27.6 Å². The monoisotopic (exact) mass is 799 g/mol. The van der Waals surface area contributed by atoms with Gasteiger partial charge in [-0.25, -0.2) is 9.79 Å². The zero-order chi connectivity index (χ0) is 35.4. The molecular formula is C35H34IN3O9S. The molecule has 0 unspecified atom stereocenters. The van der Waals surface area contributed by atoms with Crippen LogP contribution >= 0.6 is 33.9 Å². The van der Waals surface area contributed by atoms with Crippen molar-refractivity contribution in [2.45, 2.75) is 46.4 Å². The molecule has 5 rings (SSSR count). The van der Waals surface area contributed by atoms with Crippen molar-refractivity contribution in [3.8, 4) is 23.0 Å². The van der Waals surface area contributed by atoms with Crippen molar-refractivity contribution in [3.63, 3.8) is 0 Å². The standard InChI is InChI=1S/C35H34IN3O9S/c1-7-46-34(41)30-20(4)37-35-38(31(30)23-10-13-26(48-19(2)3)27(17-23)44-5)33(40)29(49-35)16-22-14-25(36)32(28(15-22)45-6)47-18-21-8-11-24(12-9-21)39(42)43/h8-17,19,31H,7,18H2,1-6H3/b29-16-/t31-/m0/s1. The number of halogens is 1. The largest absolute Gasteiger partial charge is 0.493 e. The molecule has 1 aliphatic rings. The molecule has 14 heteroatoms. The van der Waals surface area contributed by atoms with Crippen LogP contribution in [0.4, 0.5) is 5.69 Å². The normalized spacial score (nSPS) is 14.3. The van der Waals surface area contributed by atoms with E-state index >= 15 is 0 Å². The molecule has 0 fully saturated rings. The van der Waals surface area contributed by atoms with Gasteiger partial charge < -0.3 is 23.7 Å². The molecule has 0 amide bonds. The second-order valence-corrected chi connectivity index (χ2v) is 13.3. The number of hydrogen-bond donors (Lipinski definition) is 0. The van der Waals surface area contributed by atoms with Crippen LogP contribution < -0.4 is 33.8 Å². The molecular weight excluding hydrogens is 765 g/mol. The number of ether oxygens (including phenoxy) is 5. The van der Waals surface area contributed by atoms with Crippen LogP contribution in [-0.2, 0) is 16.1 Å². The number of esters is 1. The topological polar surface area (TPSA) is 141 Å². The van der Waals surface area contributed by atoms with Gasteiger partial charge in [0, 0.05) is 12.1 Å². The average molecular weight is 800 g/mol. The van der Waals surface area contributed by atoms with Gasteiger partial charge in [-0.15, -0.1) is 0 Å². The van der Waals surface area contributed by atoms with Gasteiger partial charge >= 0.3 is 5.97 Å². The summed E-state index contributed by atoms with van der Waals surface area (Å²) >= 11 is 3.34. The van der Waals surface area contributed by atoms with Gasteiger partial charge in [0.05, 0.1) is 57.3 Å². The average Bonchev–Trinajstić information content (AvgIpc) is 3.37. The van der Waals surface area contributed by atoms with Gasteiger partial charge in [-0.2, -0.15) is 0 Å². The molecule has 0 aliphatic carbocycles. The first-order chi connectivity index (χ1) is 23.4. The predicted molar refractivity (Wildman–Crippen MR) is 192 cm³/mol. The number of carbonyl (C=O) groups excluding carboxylic acids is 1. The van der Waals surface area contributed by atoms with Gasteiger partial charge in [0.2, 0.25) is 0 Å². The van der Waals surface area contributed by atoms with E-state index in [1.165, 1.54) is 42.3 Å². The van der Waals surface area contributed by atoms with Gasteiger partial charge in [0.1, 0.15) is 6.61 Å². The van der Waals surface area contributed by atoms with Gasteiger partial charge in [0.15, 0.2) is 27.8 Å². The number of benzene rings is 3. The maximum Gasteiger partial charge on any atom is 0.338 e. The first kappa shape index (κ1) is 35.6. The number of fused-ring (bicyclic) bond motifs is 1. The predicted octanol–water partition coefficient (Wildman–Crippen LogP) is 5.69. The highest BCUT2D eigenvalue weighted by Crippen LogP contribution is 2.37. The van der Waals surface area contributed by atoms with Gasteiger partial charge in [0.25, 0.3) is 11.2 Å². The maximum absolute atomic E-state index is 14.2. The minimum Gasteiger partial charge on any atom is -0.493 e. The maximum atomic E-state index is 14.2. The Morgan fingerprint density at radius 2 is 1.80 bits per heavy atom. The summed E-state index contributed by atoms with van der Waals surface area (Å²) in [4.78, 5) is 43.1. The second kappa shape index (κ2) is 15.2. The van der Waals surface area contributed by atoms with Crippen molar-refractivity contribution in [3.05, 3.63) is 116 Å². The molecule has 4 aromatic rings. The number of carbonyl (C=O) groups is 1. The highest BCUT2D eigenvalue weighted by molar-refractivity contribution is 14.1. The highest BCUT2D eigenvalue weighted by Gasteiger charge is 2.34. The summed E-state index contributed by atoms with van der Waals surface area (Å²) in [5.74, 6) is 1.38. The summed E-state index contributed by atoms with van der Waals surface area (Å²) < 4.78 is 31.3. The van der Waals surface area contributed by atoms with E-state index in [1.54, 1.807) is 50.3 Å². The van der Waals surface area contributed by atoms with E-state index in [4.69, 9.17) is 23.7 Å². The molecule has 0 spiro atoms. The van der Waals surface area contributed by atoms with Crippen LogP contribution in [0.3, 0.4) is 0 Å². The van der Waals surface area contributed by atoms with E-state index < -0.39 is 16.9 Å². The third-order valence-electron chi connectivity index (χ3n) is 7.46. The van der Waals surface area contributed by atoms with Crippen molar-refractivity contribution in [1.29, 1.82) is 0 Å². The second-order valence-electron chi connectivity index (χ2n) is 11.1. The summed E-state index contributed by atoms with van der Waals surface area (Å²) in [6.45, 7) is 7.60. The minimum absolute atomic E-state index is 0.00184. The number of non-ortho nitro benzene ring substituents is 1. The Morgan fingerprint density at radius 1 is 1.08 bits per heavy atom. The lowest BCUT2D eigenvalue weighted by Gasteiger charge is -2.25. The van der Waals surface area contributed by atoms with Crippen LogP contribution in [0.2, 0.25) is 0 Å². The quantitative estimate of drug-likeness (QED) is 0.0765. The Balaban J connectivity index is 1.56. The third kappa shape index (κ3) is 7.64. The fourth-order valence-electron chi connectivity index (χ4n) is 5.30. The molecule has 1 atom stereocenters. The van der Waals surface area contributed by atoms with Crippen LogP contribution in [0.25, 0.3) is 6.08 Å². The number of nitrogens with zero attached hydrogens (tertiary/aromatic N) is 3. The van der Waals surface area contributed by atoms with E-state index in [0.717, 1.165) is 9.13 Å². The Morgan fingerprint density at radius 3 is 2.43 bits per heavy atom. The molecule has 0 saturated carbocycles. The minimum atomic E-state index is -0.829. The zero-order valence-electron chi connectivity index (χ0n) is 27.6. The molecule has 0 saturated heterocycles. The SMILES string of the molecule is CCOC(=O)C1=C(C)N=c2s/c(=C\c3cc(I)c(OCc4ccc([N+](=O)[O-])cc4)c(OC)c3)c(=O)n2[C@H]1c1ccc(OC(C)C)c(OC)c1. The lowest BCUT2D eigenvalue weighted by molar-refractivity contribution is -0.384. The molecule has 3 aromatic carbocycles. The van der Waals surface area contributed by atoms with Crippen LogP contribution in [-0.4, -0.2) is 42.4 Å². The van der Waals surface area contributed by atoms with Gasteiger partial charge in [-0.1, -0.05) is 17.4 Å². The molecule has 0 N–H and O–H groups in total. The van der Waals surface area contributed by atoms with Crippen LogP contribution in [0.5, 0.6) is 23.0 Å². The summed E-state index contributed by atoms with van der Waals surface area (Å²) in [5.41, 5.74) is 2.43. The summed E-state index contributed by atoms with van der Waals surface area (Å²) in [5, 5.41) is 11.0. The summed E-state index contributed by atoms with van der Waals surface area (Å²) in [6, 6.07) is 14.3. The Kier molecular flexibility index (Phi) is 11.1. The van der Waals surface area contributed by atoms with E-state index in [9.17, 15) is 19.7 Å². The third-order valence-corrected chi connectivity index (χ3v) is 9.25. The lowest BCUT2D eigenvalue weighted by atomic mass is 9.95. The summed E-state index contributed by atoms with van der Waals surface area (Å²) in [6.07, 6.45) is 1.65. The number of allylic oxidation sites excluding steroid dienone is 1. The fourth-order valence-corrected chi connectivity index (χ4v) is 7.12. The Hall–Kier alpha value is -4.70. The smallest absolute Gasteiger partial charge is 0.338 e. The molecule has 2 heterocycles. The molecule has 12 nitrogen and oxygen atoms in total. The number of rotatable bonds is 12. The van der Waals surface area contributed by atoms with Crippen molar-refractivity contribution in [2.75, 3.05) is 20.8 Å². The number of aromatic nitrogens is 1. The van der Waals surface area contributed by atoms with E-state index in [0.29, 0.717) is 49.2 Å². The number of methoxy groups -OCH3 is 2. The molecule has 256 valence electrons. The number of nitro groups is 1. The zero-order valence-corrected chi connectivity index (χ0v) is 30.6. The lowest BCUT2D eigenvalue weighted by Crippen LogP contribution is -2.40. The van der Waals surface area contributed by atoms with Gasteiger partial charge in [-0.05, 0) is 109 Å². The first-order valence-corrected chi connectivity index (χ1v) is 17.1.